The molecule has 1 aliphatic rings. The average Bonchev–Trinajstić information content (AvgIpc) is 2.49. The molecule has 0 saturated carbocycles. The van der Waals surface area contributed by atoms with Gasteiger partial charge in [0.15, 0.2) is 5.95 Å². The first-order valence-electron chi connectivity index (χ1n) is 4.64. The molecule has 2 N–H and O–H groups in total. The fourth-order valence-corrected chi connectivity index (χ4v) is 1.81. The van der Waals surface area contributed by atoms with Gasteiger partial charge in [0.05, 0.1) is 6.20 Å². The number of hydrogen-bond donors (Lipinski definition) is 1. The van der Waals surface area contributed by atoms with E-state index in [1.54, 1.807) is 0 Å². The first-order chi connectivity index (χ1) is 6.29. The Hall–Kier alpha value is -1.03. The predicted octanol–water partition coefficient (Wildman–Crippen LogP) is 0.896. The maximum atomic E-state index is 5.67. The van der Waals surface area contributed by atoms with E-state index in [0.717, 1.165) is 26.1 Å². The van der Waals surface area contributed by atoms with Crippen LogP contribution in [0.3, 0.4) is 0 Å². The molecule has 1 fully saturated rings. The van der Waals surface area contributed by atoms with Crippen molar-refractivity contribution in [2.24, 2.45) is 7.05 Å². The van der Waals surface area contributed by atoms with E-state index in [2.05, 4.69) is 4.98 Å². The van der Waals surface area contributed by atoms with Crippen LogP contribution in [0.25, 0.3) is 0 Å². The number of nitrogens with two attached hydrogens (primary N) is 1. The number of imidazole rings is 1. The first kappa shape index (κ1) is 8.56. The number of nitrogen functional groups attached to an aromatic ring is 1. The second-order valence-electron chi connectivity index (χ2n) is 3.49. The van der Waals surface area contributed by atoms with Crippen LogP contribution in [0.15, 0.2) is 6.20 Å². The molecule has 2 rings (SSSR count). The van der Waals surface area contributed by atoms with Crippen molar-refractivity contribution in [2.45, 2.75) is 18.8 Å². The Morgan fingerprint density at radius 3 is 2.77 bits per heavy atom. The summed E-state index contributed by atoms with van der Waals surface area (Å²) in [6.07, 6.45) is 4.04. The molecule has 1 saturated heterocycles. The molecule has 0 radical (unpaired) electrons. The van der Waals surface area contributed by atoms with Crippen LogP contribution in [-0.2, 0) is 11.8 Å². The highest BCUT2D eigenvalue weighted by Crippen LogP contribution is 2.27. The summed E-state index contributed by atoms with van der Waals surface area (Å²) in [7, 11) is 1.97. The van der Waals surface area contributed by atoms with Crippen molar-refractivity contribution in [1.29, 1.82) is 0 Å². The largest absolute Gasteiger partial charge is 0.381 e. The third-order valence-corrected chi connectivity index (χ3v) is 2.70. The number of nitrogens with zero attached hydrogens (tertiary/aromatic N) is 2. The van der Waals surface area contributed by atoms with Gasteiger partial charge in [0, 0.05) is 31.9 Å². The molecule has 0 aliphatic carbocycles. The molecular formula is C9H15N3O. The predicted molar refractivity (Wildman–Crippen MR) is 50.4 cm³/mol. The first-order valence-corrected chi connectivity index (χ1v) is 4.64. The van der Waals surface area contributed by atoms with Gasteiger partial charge >= 0.3 is 0 Å². The van der Waals surface area contributed by atoms with Crippen LogP contribution in [0.1, 0.15) is 24.5 Å². The van der Waals surface area contributed by atoms with Crippen molar-refractivity contribution < 1.29 is 4.74 Å². The summed E-state index contributed by atoms with van der Waals surface area (Å²) in [4.78, 5) is 4.09. The highest BCUT2D eigenvalue weighted by molar-refractivity contribution is 5.24. The van der Waals surface area contributed by atoms with Gasteiger partial charge in [-0.3, -0.25) is 0 Å². The molecule has 0 bridgehead atoms. The zero-order chi connectivity index (χ0) is 9.26. The zero-order valence-corrected chi connectivity index (χ0v) is 7.86. The van der Waals surface area contributed by atoms with E-state index in [1.165, 1.54) is 5.69 Å². The van der Waals surface area contributed by atoms with Gasteiger partial charge < -0.3 is 15.0 Å². The molecule has 4 heteroatoms. The van der Waals surface area contributed by atoms with Gasteiger partial charge in [0.25, 0.3) is 0 Å². The molecule has 72 valence electrons. The number of anilines is 1. The van der Waals surface area contributed by atoms with Crippen molar-refractivity contribution in [2.75, 3.05) is 18.9 Å². The Morgan fingerprint density at radius 2 is 2.23 bits per heavy atom. The van der Waals surface area contributed by atoms with Gasteiger partial charge in [-0.25, -0.2) is 4.98 Å². The fourth-order valence-electron chi connectivity index (χ4n) is 1.81. The van der Waals surface area contributed by atoms with Crippen LogP contribution in [0.4, 0.5) is 5.95 Å². The quantitative estimate of drug-likeness (QED) is 0.700. The number of ether oxygens (including phenoxy) is 1. The molecule has 4 nitrogen and oxygen atoms in total. The second-order valence-corrected chi connectivity index (χ2v) is 3.49. The second kappa shape index (κ2) is 3.38. The summed E-state index contributed by atoms with van der Waals surface area (Å²) < 4.78 is 7.28. The molecule has 0 atom stereocenters. The molecule has 1 aromatic heterocycles. The topological polar surface area (TPSA) is 53.1 Å². The minimum absolute atomic E-state index is 0.573. The normalized spacial score (nSPS) is 19.2. The van der Waals surface area contributed by atoms with Crippen LogP contribution >= 0.6 is 0 Å². The molecule has 0 aromatic carbocycles. The Kier molecular flexibility index (Phi) is 2.22. The zero-order valence-electron chi connectivity index (χ0n) is 7.86. The van der Waals surface area contributed by atoms with Crippen LogP contribution in [0, 0.1) is 0 Å². The summed E-state index contributed by atoms with van der Waals surface area (Å²) in [5.41, 5.74) is 6.90. The minimum atomic E-state index is 0.573. The van der Waals surface area contributed by atoms with Gasteiger partial charge in [-0.2, -0.15) is 0 Å². The number of rotatable bonds is 1. The molecule has 0 amide bonds. The van der Waals surface area contributed by atoms with Crippen molar-refractivity contribution in [3.8, 4) is 0 Å². The molecule has 1 aromatic rings. The SMILES string of the molecule is Cn1c(C2CCOCC2)cnc1N. The Bertz CT molecular complexity index is 289. The lowest BCUT2D eigenvalue weighted by atomic mass is 9.97. The van der Waals surface area contributed by atoms with E-state index >= 15 is 0 Å². The standard InChI is InChI=1S/C9H15N3O/c1-12-8(6-11-9(12)10)7-2-4-13-5-3-7/h6-7H,2-5H2,1H3,(H2,10,11). The molecule has 13 heavy (non-hydrogen) atoms. The summed E-state index contributed by atoms with van der Waals surface area (Å²) >= 11 is 0. The van der Waals surface area contributed by atoms with Gasteiger partial charge in [-0.1, -0.05) is 0 Å². The molecule has 0 unspecified atom stereocenters. The third-order valence-electron chi connectivity index (χ3n) is 2.70. The average molecular weight is 181 g/mol. The van der Waals surface area contributed by atoms with E-state index in [1.807, 2.05) is 17.8 Å². The Balaban J connectivity index is 2.18. The van der Waals surface area contributed by atoms with Crippen LogP contribution in [0.2, 0.25) is 0 Å². The van der Waals surface area contributed by atoms with Gasteiger partial charge in [0.1, 0.15) is 0 Å². The molecule has 1 aliphatic heterocycles. The van der Waals surface area contributed by atoms with Crippen LogP contribution in [-0.4, -0.2) is 22.8 Å². The van der Waals surface area contributed by atoms with E-state index in [-0.39, 0.29) is 0 Å². The van der Waals surface area contributed by atoms with E-state index in [0.29, 0.717) is 11.9 Å². The number of hydrogen-bond acceptors (Lipinski definition) is 3. The summed E-state index contributed by atoms with van der Waals surface area (Å²) in [6, 6.07) is 0. The van der Waals surface area contributed by atoms with E-state index < -0.39 is 0 Å². The summed E-state index contributed by atoms with van der Waals surface area (Å²) in [5, 5.41) is 0. The Morgan fingerprint density at radius 1 is 1.54 bits per heavy atom. The lowest BCUT2D eigenvalue weighted by Gasteiger charge is -2.22. The maximum Gasteiger partial charge on any atom is 0.200 e. The maximum absolute atomic E-state index is 5.67. The smallest absolute Gasteiger partial charge is 0.200 e. The monoisotopic (exact) mass is 181 g/mol. The van der Waals surface area contributed by atoms with Crippen LogP contribution < -0.4 is 5.73 Å². The van der Waals surface area contributed by atoms with Crippen LogP contribution in [0.5, 0.6) is 0 Å². The van der Waals surface area contributed by atoms with Crippen molar-refractivity contribution in [1.82, 2.24) is 9.55 Å². The summed E-state index contributed by atoms with van der Waals surface area (Å²) in [6.45, 7) is 1.71. The Labute approximate surface area is 77.7 Å². The van der Waals surface area contributed by atoms with Crippen molar-refractivity contribution >= 4 is 5.95 Å². The number of aromatic nitrogens is 2. The molecular weight excluding hydrogens is 166 g/mol. The third kappa shape index (κ3) is 1.54. The lowest BCUT2D eigenvalue weighted by molar-refractivity contribution is 0.0840. The van der Waals surface area contributed by atoms with Gasteiger partial charge in [-0.05, 0) is 12.8 Å². The summed E-state index contributed by atoms with van der Waals surface area (Å²) in [5.74, 6) is 1.17. The van der Waals surface area contributed by atoms with Gasteiger partial charge in [-0.15, -0.1) is 0 Å². The van der Waals surface area contributed by atoms with E-state index in [4.69, 9.17) is 10.5 Å². The highest BCUT2D eigenvalue weighted by atomic mass is 16.5. The van der Waals surface area contributed by atoms with E-state index in [9.17, 15) is 0 Å². The van der Waals surface area contributed by atoms with Crippen molar-refractivity contribution in [3.05, 3.63) is 11.9 Å². The van der Waals surface area contributed by atoms with Gasteiger partial charge in [0.2, 0.25) is 0 Å². The molecule has 0 spiro atoms. The highest BCUT2D eigenvalue weighted by Gasteiger charge is 2.19. The fraction of sp³-hybridized carbons (Fsp3) is 0.667. The minimum Gasteiger partial charge on any atom is -0.381 e. The van der Waals surface area contributed by atoms with Crippen molar-refractivity contribution in [3.63, 3.8) is 0 Å². The lowest BCUT2D eigenvalue weighted by Crippen LogP contribution is -2.16. The molecule has 2 heterocycles.